The minimum Gasteiger partial charge on any atom is -0.664 e. The molecule has 2 heterocycles. The van der Waals surface area contributed by atoms with Gasteiger partial charge in [-0.1, -0.05) is 6.07 Å². The third-order valence-corrected chi connectivity index (χ3v) is 2.63. The van der Waals surface area contributed by atoms with Crippen molar-refractivity contribution in [3.63, 3.8) is 0 Å². The zero-order valence-corrected chi connectivity index (χ0v) is 11.8. The molecule has 0 fully saturated rings. The summed E-state index contributed by atoms with van der Waals surface area (Å²) in [5, 5.41) is 5.47. The zero-order valence-electron chi connectivity index (χ0n) is 8.94. The first-order valence-corrected chi connectivity index (χ1v) is 4.86. The Kier molecular flexibility index (Phi) is 3.26. The number of rotatable bonds is 1. The molecule has 0 spiro atoms. The zero-order chi connectivity index (χ0) is 10.3. The fraction of sp³-hybridized carbons (Fsp3) is 0.0833. The van der Waals surface area contributed by atoms with E-state index in [0.717, 1.165) is 27.5 Å². The van der Waals surface area contributed by atoms with E-state index >= 15 is 0 Å². The number of nitrogens with zero attached hydrogens (tertiary/aromatic N) is 2. The van der Waals surface area contributed by atoms with Gasteiger partial charge in [-0.15, -0.1) is 5.52 Å². The molecule has 16 heavy (non-hydrogen) atoms. The molecule has 0 atom stereocenters. The number of fused-ring (bicyclic) bond motifs is 2. The van der Waals surface area contributed by atoms with Crippen molar-refractivity contribution < 1.29 is 32.7 Å². The SMILES string of the molecule is CNc1ccnc2cc3[n-]ccc3cc12.[Y]. The summed E-state index contributed by atoms with van der Waals surface area (Å²) < 4.78 is 0. The Labute approximate surface area is 119 Å². The number of hydrogen-bond donors (Lipinski definition) is 1. The van der Waals surface area contributed by atoms with Gasteiger partial charge in [-0.2, -0.15) is 6.20 Å². The van der Waals surface area contributed by atoms with Crippen molar-refractivity contribution in [3.05, 3.63) is 36.7 Å². The summed E-state index contributed by atoms with van der Waals surface area (Å²) in [4.78, 5) is 8.60. The van der Waals surface area contributed by atoms with E-state index in [2.05, 4.69) is 21.4 Å². The average molecular weight is 285 g/mol. The summed E-state index contributed by atoms with van der Waals surface area (Å²) in [6.07, 6.45) is 3.63. The van der Waals surface area contributed by atoms with Crippen LogP contribution >= 0.6 is 0 Å². The van der Waals surface area contributed by atoms with E-state index in [9.17, 15) is 0 Å². The number of pyridine rings is 1. The van der Waals surface area contributed by atoms with Crippen molar-refractivity contribution in [2.45, 2.75) is 0 Å². The second kappa shape index (κ2) is 4.52. The molecule has 77 valence electrons. The average Bonchev–Trinajstić information content (AvgIpc) is 2.72. The van der Waals surface area contributed by atoms with Crippen LogP contribution in [0.3, 0.4) is 0 Å². The van der Waals surface area contributed by atoms with Crippen molar-refractivity contribution in [1.82, 2.24) is 9.97 Å². The molecule has 0 amide bonds. The van der Waals surface area contributed by atoms with Gasteiger partial charge < -0.3 is 10.3 Å². The fourth-order valence-electron chi connectivity index (χ4n) is 1.86. The molecule has 4 heteroatoms. The Hall–Kier alpha value is -0.926. The van der Waals surface area contributed by atoms with Crippen LogP contribution in [0.2, 0.25) is 0 Å². The van der Waals surface area contributed by atoms with Gasteiger partial charge in [0.2, 0.25) is 0 Å². The molecule has 0 unspecified atom stereocenters. The van der Waals surface area contributed by atoms with Gasteiger partial charge in [-0.3, -0.25) is 4.98 Å². The van der Waals surface area contributed by atoms with Crippen LogP contribution in [0.25, 0.3) is 21.8 Å². The van der Waals surface area contributed by atoms with Gasteiger partial charge in [0.05, 0.1) is 5.52 Å². The molecule has 0 aliphatic carbocycles. The molecule has 3 nitrogen and oxygen atoms in total. The third kappa shape index (κ3) is 1.74. The number of hydrogen-bond acceptors (Lipinski definition) is 2. The van der Waals surface area contributed by atoms with Crippen LogP contribution in [-0.4, -0.2) is 12.0 Å². The van der Waals surface area contributed by atoms with Crippen LogP contribution in [0.5, 0.6) is 0 Å². The van der Waals surface area contributed by atoms with Crippen molar-refractivity contribution >= 4 is 27.5 Å². The molecule has 0 aliphatic heterocycles. The Balaban J connectivity index is 0.000000963. The summed E-state index contributed by atoms with van der Waals surface area (Å²) in [5.74, 6) is 0. The van der Waals surface area contributed by atoms with Gasteiger partial charge >= 0.3 is 0 Å². The van der Waals surface area contributed by atoms with Crippen molar-refractivity contribution in [2.24, 2.45) is 0 Å². The summed E-state index contributed by atoms with van der Waals surface area (Å²) in [7, 11) is 1.92. The third-order valence-electron chi connectivity index (χ3n) is 2.63. The molecule has 0 bridgehead atoms. The van der Waals surface area contributed by atoms with Gasteiger partial charge in [0, 0.05) is 57.0 Å². The normalized spacial score (nSPS) is 10.3. The topological polar surface area (TPSA) is 39.0 Å². The van der Waals surface area contributed by atoms with Crippen LogP contribution in [0, 0.1) is 0 Å². The number of nitrogens with one attached hydrogen (secondary N) is 1. The van der Waals surface area contributed by atoms with E-state index < -0.39 is 0 Å². The van der Waals surface area contributed by atoms with Crippen molar-refractivity contribution in [2.75, 3.05) is 12.4 Å². The maximum atomic E-state index is 4.34. The first kappa shape index (κ1) is 11.6. The van der Waals surface area contributed by atoms with E-state index in [4.69, 9.17) is 0 Å². The summed E-state index contributed by atoms with van der Waals surface area (Å²) in [5.41, 5.74) is 3.08. The van der Waals surface area contributed by atoms with Crippen LogP contribution in [-0.2, 0) is 32.7 Å². The van der Waals surface area contributed by atoms with E-state index in [1.165, 1.54) is 0 Å². The molecular weight excluding hydrogens is 275 g/mol. The first-order valence-electron chi connectivity index (χ1n) is 4.86. The van der Waals surface area contributed by atoms with Gasteiger partial charge in [0.25, 0.3) is 0 Å². The molecule has 0 saturated carbocycles. The van der Waals surface area contributed by atoms with Gasteiger partial charge in [-0.05, 0) is 23.6 Å². The molecule has 3 rings (SSSR count). The largest absolute Gasteiger partial charge is 0.664 e. The van der Waals surface area contributed by atoms with Gasteiger partial charge in [0.1, 0.15) is 0 Å². The fourth-order valence-corrected chi connectivity index (χ4v) is 1.86. The Morgan fingerprint density at radius 2 is 2.12 bits per heavy atom. The molecule has 3 aromatic rings. The molecule has 2 aromatic heterocycles. The van der Waals surface area contributed by atoms with Crippen molar-refractivity contribution in [3.8, 4) is 0 Å². The maximum absolute atomic E-state index is 4.34. The Morgan fingerprint density at radius 1 is 1.25 bits per heavy atom. The second-order valence-corrected chi connectivity index (χ2v) is 3.48. The summed E-state index contributed by atoms with van der Waals surface area (Å²) >= 11 is 0. The molecule has 1 aromatic carbocycles. The van der Waals surface area contributed by atoms with Crippen molar-refractivity contribution in [1.29, 1.82) is 0 Å². The predicted octanol–water partition coefficient (Wildman–Crippen LogP) is 2.38. The first-order chi connectivity index (χ1) is 7.38. The molecular formula is C12H10N3Y-. The van der Waals surface area contributed by atoms with Crippen LogP contribution in [0.15, 0.2) is 36.7 Å². The van der Waals surface area contributed by atoms with Crippen LogP contribution in [0.1, 0.15) is 0 Å². The number of aromatic nitrogens is 2. The number of benzene rings is 1. The van der Waals surface area contributed by atoms with Crippen LogP contribution in [0.4, 0.5) is 5.69 Å². The smallest absolute Gasteiger partial charge is 0.0711 e. The van der Waals surface area contributed by atoms with Gasteiger partial charge in [-0.25, -0.2) is 0 Å². The molecule has 1 radical (unpaired) electrons. The summed E-state index contributed by atoms with van der Waals surface area (Å²) in [6.45, 7) is 0. The monoisotopic (exact) mass is 285 g/mol. The van der Waals surface area contributed by atoms with Gasteiger partial charge in [0.15, 0.2) is 0 Å². The standard InChI is InChI=1S/C12H10N3.Y/c1-13-10-3-5-15-12-7-11-8(2-4-14-11)6-9(10)12;/h2-7H,1H3,(H,13,15);/q-1;. The van der Waals surface area contributed by atoms with Crippen LogP contribution < -0.4 is 10.3 Å². The second-order valence-electron chi connectivity index (χ2n) is 3.48. The van der Waals surface area contributed by atoms with E-state index in [1.807, 2.05) is 37.6 Å². The molecule has 1 N–H and O–H groups in total. The quantitative estimate of drug-likeness (QED) is 0.746. The maximum Gasteiger partial charge on any atom is 0.0711 e. The Morgan fingerprint density at radius 3 is 2.94 bits per heavy atom. The summed E-state index contributed by atoms with van der Waals surface area (Å²) in [6, 6.07) is 8.13. The predicted molar refractivity (Wildman–Crippen MR) is 62.1 cm³/mol. The minimum atomic E-state index is 0. The minimum absolute atomic E-state index is 0. The number of anilines is 1. The molecule has 0 saturated heterocycles. The van der Waals surface area contributed by atoms with E-state index in [1.54, 1.807) is 0 Å². The van der Waals surface area contributed by atoms with E-state index in [-0.39, 0.29) is 32.7 Å². The Bertz CT molecular complexity index is 630. The molecule has 0 aliphatic rings. The van der Waals surface area contributed by atoms with E-state index in [0.29, 0.717) is 0 Å².